The minimum Gasteiger partial charge on any atom is -0.455 e. The molecule has 7 heteroatoms. The van der Waals surface area contributed by atoms with Gasteiger partial charge in [-0.05, 0) is 142 Å². The van der Waals surface area contributed by atoms with E-state index in [4.69, 9.17) is 8.83 Å². The molecule has 0 fully saturated rings. The Morgan fingerprint density at radius 2 is 0.709 bits per heavy atom. The maximum atomic E-state index is 6.32. The fourth-order valence-electron chi connectivity index (χ4n) is 10.1. The molecule has 14 aromatic rings. The number of anilines is 5. The lowest BCUT2D eigenvalue weighted by molar-refractivity contribution is 0.669. The Labute approximate surface area is 490 Å². The Morgan fingerprint density at radius 3 is 1.25 bits per heavy atom. The molecule has 0 aliphatic rings. The van der Waals surface area contributed by atoms with Crippen molar-refractivity contribution in [3.8, 4) is 44.5 Å². The van der Waals surface area contributed by atoms with E-state index < -0.39 is 0 Å². The maximum absolute atomic E-state index is 6.32. The molecule has 0 atom stereocenters. The van der Waals surface area contributed by atoms with Crippen LogP contribution in [0.3, 0.4) is 0 Å². The van der Waals surface area contributed by atoms with E-state index in [9.17, 15) is 0 Å². The highest BCUT2D eigenvalue weighted by molar-refractivity contribution is 14.1. The molecule has 14 rings (SSSR count). The molecule has 0 radical (unpaired) electrons. The third-order valence-electron chi connectivity index (χ3n) is 13.8. The quantitative estimate of drug-likeness (QED) is 0.146. The summed E-state index contributed by atoms with van der Waals surface area (Å²) < 4.78 is 16.0. The summed E-state index contributed by atoms with van der Waals surface area (Å²) in [5, 5.41) is 8.17. The van der Waals surface area contributed by atoms with Crippen molar-refractivity contribution >= 4 is 127 Å². The third-order valence-corrected chi connectivity index (χ3v) is 15.6. The van der Waals surface area contributed by atoms with Gasteiger partial charge < -0.3 is 19.1 Å². The molecule has 12 aromatic carbocycles. The van der Waals surface area contributed by atoms with Gasteiger partial charge in [0.2, 0.25) is 0 Å². The first kappa shape index (κ1) is 51.3. The molecule has 0 bridgehead atoms. The first-order valence-electron chi connectivity index (χ1n) is 26.0. The van der Waals surface area contributed by atoms with Gasteiger partial charge in [-0.2, -0.15) is 0 Å². The molecule has 79 heavy (non-hydrogen) atoms. The van der Waals surface area contributed by atoms with Crippen LogP contribution in [0.2, 0.25) is 0 Å². The summed E-state index contributed by atoms with van der Waals surface area (Å²) in [4.78, 5) is 2.32. The second-order valence-electron chi connectivity index (χ2n) is 18.9. The number of furan rings is 2. The fourth-order valence-corrected chi connectivity index (χ4v) is 11.0. The monoisotopic (exact) mass is 1260 g/mol. The number of halogens is 3. The average molecular weight is 1260 g/mol. The van der Waals surface area contributed by atoms with Crippen LogP contribution in [0.1, 0.15) is 0 Å². The van der Waals surface area contributed by atoms with Crippen LogP contribution in [0.15, 0.2) is 309 Å². The lowest BCUT2D eigenvalue weighted by atomic mass is 10.00. The normalized spacial score (nSPS) is 11.0. The summed E-state index contributed by atoms with van der Waals surface area (Å²) in [6.07, 6.45) is 0. The van der Waals surface area contributed by atoms with Gasteiger partial charge in [-0.25, -0.2) is 0 Å². The molecule has 380 valence electrons. The predicted molar refractivity (Wildman–Crippen MR) is 348 cm³/mol. The summed E-state index contributed by atoms with van der Waals surface area (Å²) >= 11 is 9.22. The van der Waals surface area contributed by atoms with Crippen molar-refractivity contribution in [2.75, 3.05) is 10.2 Å². The Morgan fingerprint density at radius 1 is 0.316 bits per heavy atom. The van der Waals surface area contributed by atoms with Gasteiger partial charge in [0.05, 0.1) is 5.69 Å². The van der Waals surface area contributed by atoms with Crippen molar-refractivity contribution in [3.05, 3.63) is 304 Å². The van der Waals surface area contributed by atoms with Crippen LogP contribution in [0.25, 0.3) is 88.4 Å². The summed E-state index contributed by atoms with van der Waals surface area (Å²) in [7, 11) is 0. The van der Waals surface area contributed by atoms with E-state index in [0.29, 0.717) is 0 Å². The predicted octanol–water partition coefficient (Wildman–Crippen LogP) is 22.9. The highest BCUT2D eigenvalue weighted by atomic mass is 127. The molecule has 4 nitrogen and oxygen atoms in total. The Hall–Kier alpha value is -8.47. The van der Waals surface area contributed by atoms with E-state index in [0.717, 1.165) is 104 Å². The number of rotatable bonds is 9. The van der Waals surface area contributed by atoms with Gasteiger partial charge in [-0.1, -0.05) is 226 Å². The summed E-state index contributed by atoms with van der Waals surface area (Å²) in [5.74, 6) is 0. The van der Waals surface area contributed by atoms with Gasteiger partial charge in [0, 0.05) is 79.1 Å². The topological polar surface area (TPSA) is 41.6 Å². The van der Waals surface area contributed by atoms with Gasteiger partial charge in [-0.3, -0.25) is 0 Å². The minimum absolute atomic E-state index is 0.913. The van der Waals surface area contributed by atoms with Gasteiger partial charge in [-0.15, -0.1) is 0 Å². The van der Waals surface area contributed by atoms with E-state index in [1.54, 1.807) is 0 Å². The zero-order valence-electron chi connectivity index (χ0n) is 42.6. The smallest absolute Gasteiger partial charge is 0.143 e. The lowest BCUT2D eigenvalue weighted by Gasteiger charge is -2.28. The van der Waals surface area contributed by atoms with Gasteiger partial charge in [0.15, 0.2) is 0 Å². The molecular formula is C72H49Br2IN2O2. The van der Waals surface area contributed by atoms with E-state index >= 15 is 0 Å². The van der Waals surface area contributed by atoms with Gasteiger partial charge in [0.25, 0.3) is 0 Å². The van der Waals surface area contributed by atoms with Crippen LogP contribution in [-0.4, -0.2) is 0 Å². The van der Waals surface area contributed by atoms with Gasteiger partial charge >= 0.3 is 0 Å². The molecular weight excluding hydrogens is 1210 g/mol. The van der Waals surface area contributed by atoms with Crippen LogP contribution in [0, 0.1) is 3.57 Å². The van der Waals surface area contributed by atoms with Crippen molar-refractivity contribution < 1.29 is 8.83 Å². The van der Waals surface area contributed by atoms with Crippen LogP contribution in [-0.2, 0) is 0 Å². The molecule has 0 saturated heterocycles. The SMILES string of the molecule is Brc1ccc(I)cc1.Brc1ccc(N(c2ccc(-c3cccc4c3oc3ccccc34)cc2)c2ccccc2-c2ccccc2)cc1.c1ccc(-c2ccccc2Nc2ccc(-c3cccc4c3oc3ccccc34)cc2)cc1. The summed E-state index contributed by atoms with van der Waals surface area (Å²) in [6, 6.07) is 101. The Kier molecular flexibility index (Phi) is 15.3. The zero-order chi connectivity index (χ0) is 53.5. The first-order valence-corrected chi connectivity index (χ1v) is 28.6. The number of fused-ring (bicyclic) bond motifs is 6. The van der Waals surface area contributed by atoms with Crippen LogP contribution < -0.4 is 10.2 Å². The summed E-state index contributed by atoms with van der Waals surface area (Å²) in [6.45, 7) is 0. The van der Waals surface area contributed by atoms with Gasteiger partial charge in [0.1, 0.15) is 22.3 Å². The van der Waals surface area contributed by atoms with Crippen molar-refractivity contribution in [3.63, 3.8) is 0 Å². The van der Waals surface area contributed by atoms with E-state index in [1.165, 1.54) is 25.8 Å². The molecule has 0 spiro atoms. The second kappa shape index (κ2) is 23.6. The number of nitrogens with zero attached hydrogens (tertiary/aromatic N) is 1. The summed E-state index contributed by atoms with van der Waals surface area (Å²) in [5.41, 5.74) is 18.3. The van der Waals surface area contributed by atoms with Crippen LogP contribution in [0.5, 0.6) is 0 Å². The van der Waals surface area contributed by atoms with E-state index in [-0.39, 0.29) is 0 Å². The van der Waals surface area contributed by atoms with Crippen molar-refractivity contribution in [1.29, 1.82) is 0 Å². The Bertz CT molecular complexity index is 4330. The lowest BCUT2D eigenvalue weighted by Crippen LogP contribution is -2.11. The minimum atomic E-state index is 0.913. The third kappa shape index (κ3) is 11.3. The van der Waals surface area contributed by atoms with E-state index in [1.807, 2.05) is 42.5 Å². The molecule has 1 N–H and O–H groups in total. The van der Waals surface area contributed by atoms with Crippen molar-refractivity contribution in [2.24, 2.45) is 0 Å². The van der Waals surface area contributed by atoms with Crippen molar-refractivity contribution in [1.82, 2.24) is 0 Å². The largest absolute Gasteiger partial charge is 0.455 e. The van der Waals surface area contributed by atoms with E-state index in [2.05, 4.69) is 313 Å². The standard InChI is InChI=1S/C36H24BrNO.C30H21NO.C6H4BrI/c37-27-19-23-29(24-20-27)38(34-15-6-4-11-30(34)25-9-2-1-3-10-25)28-21-17-26(18-22-28)31-13-8-14-33-32-12-5-7-16-35(32)39-36(31)33;1-2-9-21(10-3-1)24-11-4-6-15-28(24)31-23-19-17-22(18-20-23)25-13-8-14-27-26-12-5-7-16-29(26)32-30(25)27;7-5-1-3-6(8)4-2-5/h1-24H;1-20,31H;1-4H. The van der Waals surface area contributed by atoms with Crippen LogP contribution >= 0.6 is 54.5 Å². The molecule has 0 aliphatic carbocycles. The zero-order valence-corrected chi connectivity index (χ0v) is 47.9. The molecule has 0 saturated carbocycles. The number of benzene rings is 12. The molecule has 2 aromatic heterocycles. The maximum Gasteiger partial charge on any atom is 0.143 e. The fraction of sp³-hybridized carbons (Fsp3) is 0. The molecule has 0 amide bonds. The highest BCUT2D eigenvalue weighted by Gasteiger charge is 2.19. The Balaban J connectivity index is 0.000000140. The average Bonchev–Trinajstić information content (AvgIpc) is 4.23. The number of hydrogen-bond acceptors (Lipinski definition) is 4. The molecule has 0 unspecified atom stereocenters. The molecule has 0 aliphatic heterocycles. The highest BCUT2D eigenvalue weighted by Crippen LogP contribution is 2.43. The number of nitrogens with one attached hydrogen (secondary N) is 1. The van der Waals surface area contributed by atoms with Crippen molar-refractivity contribution in [2.45, 2.75) is 0 Å². The number of hydrogen-bond donors (Lipinski definition) is 1. The number of para-hydroxylation sites is 6. The second-order valence-corrected chi connectivity index (χ2v) is 21.9. The molecule has 2 heterocycles. The van der Waals surface area contributed by atoms with Crippen LogP contribution in [0.4, 0.5) is 28.4 Å². The first-order chi connectivity index (χ1) is 38.9.